The third-order valence-corrected chi connectivity index (χ3v) is 0.729. The van der Waals surface area contributed by atoms with Gasteiger partial charge in [-0.25, -0.2) is 10.2 Å². The maximum absolute atomic E-state index is 10.5. The molecule has 0 rings (SSSR count). The van der Waals surface area contributed by atoms with Crippen LogP contribution in [0.4, 0.5) is 4.79 Å². The summed E-state index contributed by atoms with van der Waals surface area (Å²) in [5, 5.41) is 8.00. The molecule has 11 heavy (non-hydrogen) atoms. The first-order valence-corrected chi connectivity index (χ1v) is 2.70. The molecule has 0 fully saturated rings. The van der Waals surface area contributed by atoms with Crippen LogP contribution in [0, 0.1) is 11.3 Å². The van der Waals surface area contributed by atoms with Gasteiger partial charge in [0.2, 0.25) is 0 Å². The van der Waals surface area contributed by atoms with Crippen LogP contribution in [0.5, 0.6) is 0 Å². The molecule has 0 aromatic heterocycles. The highest BCUT2D eigenvalue weighted by Crippen LogP contribution is 1.72. The van der Waals surface area contributed by atoms with Crippen molar-refractivity contribution in [1.29, 1.82) is 5.26 Å². The summed E-state index contributed by atoms with van der Waals surface area (Å²) < 4.78 is 4.13. The van der Waals surface area contributed by atoms with E-state index >= 15 is 0 Å². The third-order valence-electron chi connectivity index (χ3n) is 0.729. The van der Waals surface area contributed by atoms with Gasteiger partial charge in [-0.05, 0) is 0 Å². The van der Waals surface area contributed by atoms with Crippen LogP contribution in [-0.4, -0.2) is 19.1 Å². The number of hydrogen-bond donors (Lipinski definition) is 2. The number of carbonyl (C=O) groups is 2. The van der Waals surface area contributed by atoms with Crippen LogP contribution in [0.3, 0.4) is 0 Å². The first-order chi connectivity index (χ1) is 5.20. The van der Waals surface area contributed by atoms with Gasteiger partial charge in [0, 0.05) is 0 Å². The molecule has 2 N–H and O–H groups in total. The Hall–Kier alpha value is -1.77. The highest BCUT2D eigenvalue weighted by Gasteiger charge is 2.01. The fraction of sp³-hybridized carbons (Fsp3) is 0.400. The predicted octanol–water partition coefficient (Wildman–Crippen LogP) is -0.713. The van der Waals surface area contributed by atoms with E-state index in [1.165, 1.54) is 0 Å². The molecule has 0 saturated carbocycles. The number of methoxy groups -OCH3 is 1. The van der Waals surface area contributed by atoms with Crippen LogP contribution in [0.1, 0.15) is 6.42 Å². The number of carbonyl (C=O) groups excluding carboxylic acids is 2. The molecule has 0 atom stereocenters. The molecule has 0 spiro atoms. The van der Waals surface area contributed by atoms with Crippen molar-refractivity contribution in [3.63, 3.8) is 0 Å². The number of amides is 2. The van der Waals surface area contributed by atoms with Gasteiger partial charge >= 0.3 is 6.09 Å². The van der Waals surface area contributed by atoms with E-state index in [2.05, 4.69) is 4.74 Å². The second kappa shape index (κ2) is 5.05. The summed E-state index contributed by atoms with van der Waals surface area (Å²) >= 11 is 0. The Bertz CT molecular complexity index is 196. The summed E-state index contributed by atoms with van der Waals surface area (Å²) in [6.07, 6.45) is -1.08. The molecule has 0 unspecified atom stereocenters. The maximum Gasteiger partial charge on any atom is 0.425 e. The van der Waals surface area contributed by atoms with E-state index in [0.717, 1.165) is 7.11 Å². The third kappa shape index (κ3) is 4.72. The molecule has 0 radical (unpaired) electrons. The second-order valence-corrected chi connectivity index (χ2v) is 1.50. The van der Waals surface area contributed by atoms with E-state index in [9.17, 15) is 9.59 Å². The van der Waals surface area contributed by atoms with Gasteiger partial charge in [-0.2, -0.15) is 5.26 Å². The number of rotatable bonds is 1. The van der Waals surface area contributed by atoms with Crippen molar-refractivity contribution in [2.45, 2.75) is 6.42 Å². The molecule has 0 aliphatic heterocycles. The molecular formula is C5H7N3O3. The molecule has 0 bridgehead atoms. The maximum atomic E-state index is 10.5. The van der Waals surface area contributed by atoms with E-state index in [1.807, 2.05) is 10.9 Å². The molecule has 0 aliphatic rings. The quantitative estimate of drug-likeness (QED) is 0.492. The average molecular weight is 157 g/mol. The van der Waals surface area contributed by atoms with E-state index in [1.54, 1.807) is 6.07 Å². The minimum Gasteiger partial charge on any atom is -0.452 e. The van der Waals surface area contributed by atoms with Crippen molar-refractivity contribution in [3.8, 4) is 6.07 Å². The largest absolute Gasteiger partial charge is 0.452 e. The molecule has 6 nitrogen and oxygen atoms in total. The van der Waals surface area contributed by atoms with Gasteiger partial charge in [0.25, 0.3) is 5.91 Å². The summed E-state index contributed by atoms with van der Waals surface area (Å²) in [5.74, 6) is -0.585. The number of nitriles is 1. The topological polar surface area (TPSA) is 91.2 Å². The fourth-order valence-electron chi connectivity index (χ4n) is 0.288. The molecule has 60 valence electrons. The van der Waals surface area contributed by atoms with Crippen molar-refractivity contribution in [2.24, 2.45) is 0 Å². The zero-order valence-corrected chi connectivity index (χ0v) is 5.88. The van der Waals surface area contributed by atoms with Gasteiger partial charge in [0.1, 0.15) is 6.42 Å². The Morgan fingerprint density at radius 3 is 2.64 bits per heavy atom. The standard InChI is InChI=1S/C5H7N3O3/c1-11-5(10)8-7-4(9)2-3-6/h2H2,1H3,(H,7,9)(H,8,10). The number of ether oxygens (including phenoxy) is 1. The normalized spacial score (nSPS) is 7.64. The minimum atomic E-state index is -0.781. The number of nitrogens with zero attached hydrogens (tertiary/aromatic N) is 1. The van der Waals surface area contributed by atoms with Crippen LogP contribution < -0.4 is 10.9 Å². The Morgan fingerprint density at radius 1 is 1.55 bits per heavy atom. The Kier molecular flexibility index (Phi) is 4.24. The lowest BCUT2D eigenvalue weighted by molar-refractivity contribution is -0.120. The van der Waals surface area contributed by atoms with Gasteiger partial charge in [-0.3, -0.25) is 10.2 Å². The molecule has 0 aliphatic carbocycles. The highest BCUT2D eigenvalue weighted by molar-refractivity contribution is 5.80. The number of hydrogen-bond acceptors (Lipinski definition) is 4. The molecular weight excluding hydrogens is 150 g/mol. The van der Waals surface area contributed by atoms with Crippen molar-refractivity contribution < 1.29 is 14.3 Å². The zero-order chi connectivity index (χ0) is 8.69. The lowest BCUT2D eigenvalue weighted by Crippen LogP contribution is -2.41. The van der Waals surface area contributed by atoms with Crippen molar-refractivity contribution in [1.82, 2.24) is 10.9 Å². The van der Waals surface area contributed by atoms with Gasteiger partial charge in [-0.1, -0.05) is 0 Å². The van der Waals surface area contributed by atoms with Crippen LogP contribution >= 0.6 is 0 Å². The van der Waals surface area contributed by atoms with Gasteiger partial charge in [0.15, 0.2) is 0 Å². The molecule has 0 aromatic carbocycles. The van der Waals surface area contributed by atoms with Crippen LogP contribution in [0.15, 0.2) is 0 Å². The van der Waals surface area contributed by atoms with E-state index in [4.69, 9.17) is 5.26 Å². The van der Waals surface area contributed by atoms with Gasteiger partial charge < -0.3 is 4.74 Å². The monoisotopic (exact) mass is 157 g/mol. The zero-order valence-electron chi connectivity index (χ0n) is 5.88. The van der Waals surface area contributed by atoms with Crippen LogP contribution in [0.25, 0.3) is 0 Å². The van der Waals surface area contributed by atoms with Gasteiger partial charge in [-0.15, -0.1) is 0 Å². The predicted molar refractivity (Wildman–Crippen MR) is 33.9 cm³/mol. The molecule has 6 heteroatoms. The molecule has 0 aromatic rings. The first kappa shape index (κ1) is 9.23. The minimum absolute atomic E-state index is 0.302. The summed E-state index contributed by atoms with van der Waals surface area (Å²) in [7, 11) is 1.16. The van der Waals surface area contributed by atoms with E-state index in [0.29, 0.717) is 0 Å². The van der Waals surface area contributed by atoms with E-state index < -0.39 is 12.0 Å². The fourth-order valence-corrected chi connectivity index (χ4v) is 0.288. The first-order valence-electron chi connectivity index (χ1n) is 2.70. The van der Waals surface area contributed by atoms with E-state index in [-0.39, 0.29) is 6.42 Å². The Labute approximate surface area is 63.1 Å². The van der Waals surface area contributed by atoms with Crippen LogP contribution in [-0.2, 0) is 9.53 Å². The van der Waals surface area contributed by atoms with Crippen molar-refractivity contribution >= 4 is 12.0 Å². The molecule has 2 amide bonds. The molecule has 0 saturated heterocycles. The number of nitrogens with one attached hydrogen (secondary N) is 2. The van der Waals surface area contributed by atoms with Crippen LogP contribution in [0.2, 0.25) is 0 Å². The summed E-state index contributed by atoms with van der Waals surface area (Å²) in [6.45, 7) is 0. The summed E-state index contributed by atoms with van der Waals surface area (Å²) in [6, 6.07) is 1.61. The summed E-state index contributed by atoms with van der Waals surface area (Å²) in [4.78, 5) is 20.7. The van der Waals surface area contributed by atoms with Gasteiger partial charge in [0.05, 0.1) is 13.2 Å². The SMILES string of the molecule is COC(=O)NNC(=O)CC#N. The average Bonchev–Trinajstić information content (AvgIpc) is 2.01. The Balaban J connectivity index is 3.47. The smallest absolute Gasteiger partial charge is 0.425 e. The van der Waals surface area contributed by atoms with Crippen molar-refractivity contribution in [2.75, 3.05) is 7.11 Å². The molecule has 0 heterocycles. The number of hydrazine groups is 1. The van der Waals surface area contributed by atoms with Crippen molar-refractivity contribution in [3.05, 3.63) is 0 Å². The Morgan fingerprint density at radius 2 is 2.18 bits per heavy atom. The lowest BCUT2D eigenvalue weighted by Gasteiger charge is -2.02. The second-order valence-electron chi connectivity index (χ2n) is 1.50. The summed E-state index contributed by atoms with van der Waals surface area (Å²) in [5.41, 5.74) is 3.85. The lowest BCUT2D eigenvalue weighted by atomic mass is 10.5. The highest BCUT2D eigenvalue weighted by atomic mass is 16.5.